The van der Waals surface area contributed by atoms with Gasteiger partial charge in [-0.1, -0.05) is 52.6 Å². The van der Waals surface area contributed by atoms with Gasteiger partial charge in [0.2, 0.25) is 5.91 Å². The number of hydrogen-bond acceptors (Lipinski definition) is 7. The predicted molar refractivity (Wildman–Crippen MR) is 202 cm³/mol. The van der Waals surface area contributed by atoms with Gasteiger partial charge in [-0.3, -0.25) is 4.79 Å². The average molecular weight is 785 g/mol. The van der Waals surface area contributed by atoms with Gasteiger partial charge in [0.05, 0.1) is 16.5 Å². The summed E-state index contributed by atoms with van der Waals surface area (Å²) in [5, 5.41) is 4.08. The van der Waals surface area contributed by atoms with Gasteiger partial charge in [0.15, 0.2) is 5.76 Å². The number of nitrogens with zero attached hydrogens (tertiary/aromatic N) is 3. The van der Waals surface area contributed by atoms with Crippen LogP contribution in [0.25, 0.3) is 11.3 Å². The SMILES string of the molecule is COCCCc1ccc(Cl)c(CN(C(=O)C2CN(C(=O)OC(C)(C)C)CCC2c2ccc(OCc3cc(-c4c(F)ccc(F)c4Cl)no3)cc2)C2CC2)c1. The van der Waals surface area contributed by atoms with Crippen molar-refractivity contribution < 1.29 is 37.1 Å². The number of benzene rings is 3. The minimum atomic E-state index is -0.766. The third-order valence-electron chi connectivity index (χ3n) is 9.67. The van der Waals surface area contributed by atoms with Gasteiger partial charge in [-0.15, -0.1) is 0 Å². The molecular weight excluding hydrogens is 739 g/mol. The van der Waals surface area contributed by atoms with E-state index in [0.29, 0.717) is 36.9 Å². The first-order chi connectivity index (χ1) is 25.8. The van der Waals surface area contributed by atoms with Crippen LogP contribution in [0.2, 0.25) is 10.0 Å². The molecule has 1 aliphatic heterocycles. The summed E-state index contributed by atoms with van der Waals surface area (Å²) in [6.45, 7) is 7.14. The fraction of sp³-hybridized carbons (Fsp3) is 0.439. The van der Waals surface area contributed by atoms with Gasteiger partial charge in [-0.2, -0.15) is 0 Å². The Balaban J connectivity index is 1.19. The van der Waals surface area contributed by atoms with E-state index in [1.807, 2.05) is 62.1 Å². The average Bonchev–Trinajstić information content (AvgIpc) is 3.88. The lowest BCUT2D eigenvalue weighted by atomic mass is 9.79. The standard InChI is InChI=1S/C41H45Cl2F2N3O6/c1-41(2,3)53-40(50)47-18-17-31(32(23-47)39(49)48(28-10-11-28)22-27-20-25(6-5-19-51-4)7-14-33(27)42)26-8-12-29(13-9-26)52-24-30-21-36(46-54-30)37-34(44)15-16-35(45)38(37)43/h7-9,12-16,20-21,28,31-32H,5-6,10-11,17-19,22-24H2,1-4H3. The van der Waals surface area contributed by atoms with Crippen LogP contribution >= 0.6 is 23.2 Å². The van der Waals surface area contributed by atoms with Crippen LogP contribution in [0.4, 0.5) is 13.6 Å². The summed E-state index contributed by atoms with van der Waals surface area (Å²) in [6.07, 6.45) is 3.66. The highest BCUT2D eigenvalue weighted by atomic mass is 35.5. The molecule has 2 fully saturated rings. The molecule has 54 heavy (non-hydrogen) atoms. The maximum Gasteiger partial charge on any atom is 0.410 e. The highest BCUT2D eigenvalue weighted by molar-refractivity contribution is 6.33. The van der Waals surface area contributed by atoms with Gasteiger partial charge in [0.1, 0.15) is 35.3 Å². The zero-order valence-electron chi connectivity index (χ0n) is 30.9. The molecule has 4 aromatic rings. The number of rotatable bonds is 13. The fourth-order valence-electron chi connectivity index (χ4n) is 6.82. The first kappa shape index (κ1) is 39.5. The van der Waals surface area contributed by atoms with E-state index in [1.54, 1.807) is 12.0 Å². The van der Waals surface area contributed by atoms with Crippen molar-refractivity contribution in [1.29, 1.82) is 0 Å². The second-order valence-corrected chi connectivity index (χ2v) is 15.7. The number of ether oxygens (including phenoxy) is 3. The van der Waals surface area contributed by atoms with E-state index in [1.165, 1.54) is 6.07 Å². The van der Waals surface area contributed by atoms with Crippen LogP contribution < -0.4 is 4.74 Å². The van der Waals surface area contributed by atoms with Gasteiger partial charge in [0.25, 0.3) is 0 Å². The summed E-state index contributed by atoms with van der Waals surface area (Å²) in [5.41, 5.74) is 2.16. The molecule has 1 aliphatic carbocycles. The number of halogens is 4. The molecule has 0 N–H and O–H groups in total. The molecule has 2 atom stereocenters. The minimum Gasteiger partial charge on any atom is -0.486 e. The van der Waals surface area contributed by atoms with Crippen molar-refractivity contribution >= 4 is 35.2 Å². The molecule has 0 radical (unpaired) electrons. The number of hydrogen-bond donors (Lipinski definition) is 0. The van der Waals surface area contributed by atoms with Gasteiger partial charge < -0.3 is 28.5 Å². The number of aryl methyl sites for hydroxylation is 1. The molecule has 1 saturated heterocycles. The largest absolute Gasteiger partial charge is 0.486 e. The van der Waals surface area contributed by atoms with Crippen molar-refractivity contribution in [3.8, 4) is 17.0 Å². The quantitative estimate of drug-likeness (QED) is 0.0985. The first-order valence-corrected chi connectivity index (χ1v) is 18.9. The number of aromatic nitrogens is 1. The molecular formula is C41H45Cl2F2N3O6. The number of amides is 2. The molecule has 0 bridgehead atoms. The number of likely N-dealkylation sites (tertiary alicyclic amines) is 1. The smallest absolute Gasteiger partial charge is 0.410 e. The van der Waals surface area contributed by atoms with Crippen molar-refractivity contribution in [3.05, 3.63) is 105 Å². The molecule has 288 valence electrons. The van der Waals surface area contributed by atoms with E-state index < -0.39 is 29.2 Å². The van der Waals surface area contributed by atoms with Crippen LogP contribution in [0.5, 0.6) is 5.75 Å². The lowest BCUT2D eigenvalue weighted by molar-refractivity contribution is -0.139. The molecule has 2 unspecified atom stereocenters. The summed E-state index contributed by atoms with van der Waals surface area (Å²) in [4.78, 5) is 31.6. The molecule has 1 saturated carbocycles. The summed E-state index contributed by atoms with van der Waals surface area (Å²) in [6, 6.07) is 16.9. The number of carbonyl (C=O) groups excluding carboxylic acids is 2. The van der Waals surface area contributed by atoms with E-state index >= 15 is 0 Å². The second kappa shape index (κ2) is 17.1. The Morgan fingerprint density at radius 2 is 1.74 bits per heavy atom. The lowest BCUT2D eigenvalue weighted by Crippen LogP contribution is -2.51. The van der Waals surface area contributed by atoms with Crippen molar-refractivity contribution in [2.45, 2.75) is 83.6 Å². The molecule has 1 aromatic heterocycles. The van der Waals surface area contributed by atoms with E-state index in [-0.39, 0.29) is 53.1 Å². The van der Waals surface area contributed by atoms with Crippen LogP contribution in [0.1, 0.15) is 74.8 Å². The zero-order valence-corrected chi connectivity index (χ0v) is 32.4. The normalized spacial score (nSPS) is 17.4. The monoisotopic (exact) mass is 783 g/mol. The molecule has 0 spiro atoms. The first-order valence-electron chi connectivity index (χ1n) is 18.2. The topological polar surface area (TPSA) is 94.3 Å². The Morgan fingerprint density at radius 3 is 2.44 bits per heavy atom. The van der Waals surface area contributed by atoms with Crippen LogP contribution in [-0.2, 0) is 33.8 Å². The molecule has 9 nitrogen and oxygen atoms in total. The Morgan fingerprint density at radius 1 is 1.00 bits per heavy atom. The van der Waals surface area contributed by atoms with E-state index in [2.05, 4.69) is 11.2 Å². The van der Waals surface area contributed by atoms with E-state index in [4.69, 9.17) is 41.9 Å². The van der Waals surface area contributed by atoms with Crippen LogP contribution in [0.15, 0.2) is 65.2 Å². The summed E-state index contributed by atoms with van der Waals surface area (Å²) >= 11 is 12.7. The van der Waals surface area contributed by atoms with Crippen molar-refractivity contribution in [3.63, 3.8) is 0 Å². The third kappa shape index (κ3) is 9.72. The Labute approximate surface area is 324 Å². The van der Waals surface area contributed by atoms with Crippen molar-refractivity contribution in [2.75, 3.05) is 26.8 Å². The van der Waals surface area contributed by atoms with Crippen LogP contribution in [0, 0.1) is 17.6 Å². The fourth-order valence-corrected chi connectivity index (χ4v) is 7.24. The third-order valence-corrected chi connectivity index (χ3v) is 10.4. The van der Waals surface area contributed by atoms with Gasteiger partial charge >= 0.3 is 6.09 Å². The molecule has 6 rings (SSSR count). The van der Waals surface area contributed by atoms with E-state index in [0.717, 1.165) is 54.5 Å². The molecule has 2 heterocycles. The number of carbonyl (C=O) groups is 2. The van der Waals surface area contributed by atoms with Crippen LogP contribution in [-0.4, -0.2) is 65.4 Å². The molecule has 13 heteroatoms. The molecule has 2 amide bonds. The van der Waals surface area contributed by atoms with Gasteiger partial charge in [-0.25, -0.2) is 13.6 Å². The highest BCUT2D eigenvalue weighted by Gasteiger charge is 2.43. The maximum absolute atomic E-state index is 14.7. The van der Waals surface area contributed by atoms with Gasteiger partial charge in [0, 0.05) is 50.5 Å². The number of piperidine rings is 1. The number of methoxy groups -OCH3 is 1. The summed E-state index contributed by atoms with van der Waals surface area (Å²) in [5.74, 6) is -1.39. The lowest BCUT2D eigenvalue weighted by Gasteiger charge is -2.40. The van der Waals surface area contributed by atoms with Crippen molar-refractivity contribution in [1.82, 2.24) is 15.0 Å². The Hall–Kier alpha value is -4.19. The van der Waals surface area contributed by atoms with Crippen molar-refractivity contribution in [2.24, 2.45) is 5.92 Å². The Bertz CT molecular complexity index is 1950. The van der Waals surface area contributed by atoms with E-state index in [9.17, 15) is 18.4 Å². The van der Waals surface area contributed by atoms with Crippen LogP contribution in [0.3, 0.4) is 0 Å². The summed E-state index contributed by atoms with van der Waals surface area (Å²) in [7, 11) is 1.69. The maximum atomic E-state index is 14.7. The Kier molecular flexibility index (Phi) is 12.5. The second-order valence-electron chi connectivity index (χ2n) is 14.9. The predicted octanol–water partition coefficient (Wildman–Crippen LogP) is 9.62. The molecule has 3 aromatic carbocycles. The zero-order chi connectivity index (χ0) is 38.6. The molecule has 2 aliphatic rings. The van der Waals surface area contributed by atoms with Gasteiger partial charge in [-0.05, 0) is 106 Å². The highest BCUT2D eigenvalue weighted by Crippen LogP contribution is 2.39. The minimum absolute atomic E-state index is 0.0205. The summed E-state index contributed by atoms with van der Waals surface area (Å²) < 4.78 is 50.6.